The van der Waals surface area contributed by atoms with Crippen LogP contribution in [0.3, 0.4) is 0 Å². The zero-order valence-corrected chi connectivity index (χ0v) is 24.1. The number of ether oxygens (including phenoxy) is 1. The van der Waals surface area contributed by atoms with E-state index in [4.69, 9.17) is 27.9 Å². The van der Waals surface area contributed by atoms with Crippen molar-refractivity contribution in [2.75, 3.05) is 6.26 Å². The van der Waals surface area contributed by atoms with Gasteiger partial charge in [0.05, 0.1) is 10.9 Å². The van der Waals surface area contributed by atoms with Crippen molar-refractivity contribution >= 4 is 44.9 Å². The summed E-state index contributed by atoms with van der Waals surface area (Å²) in [7, 11) is -3.64. The van der Waals surface area contributed by atoms with Crippen molar-refractivity contribution in [3.05, 3.63) is 99.3 Å². The van der Waals surface area contributed by atoms with Gasteiger partial charge in [-0.3, -0.25) is 4.79 Å². The molecule has 0 bridgehead atoms. The topological polar surface area (TPSA) is 101 Å². The van der Waals surface area contributed by atoms with E-state index in [1.165, 1.54) is 17.0 Å². The molecule has 0 spiro atoms. The SMILES string of the molecule is CCC[C@H](C(=O)O)N1C(=O)[C@H](Cc2ccc(S(C)(=O)=O)cc2F)O[C@@H](c2ccc(Cl)cc2)[C@H]1c1ccc(Cl)cc1. The Kier molecular flexibility index (Phi) is 9.19. The second kappa shape index (κ2) is 12.3. The van der Waals surface area contributed by atoms with E-state index in [0.717, 1.165) is 12.3 Å². The van der Waals surface area contributed by atoms with Crippen molar-refractivity contribution in [1.82, 2.24) is 4.90 Å². The summed E-state index contributed by atoms with van der Waals surface area (Å²) in [6.45, 7) is 1.82. The molecule has 1 N–H and O–H groups in total. The summed E-state index contributed by atoms with van der Waals surface area (Å²) in [4.78, 5) is 27.7. The monoisotopic (exact) mass is 607 g/mol. The normalized spacial score (nSPS) is 20.4. The van der Waals surface area contributed by atoms with Gasteiger partial charge in [-0.05, 0) is 59.5 Å². The lowest BCUT2D eigenvalue weighted by Crippen LogP contribution is -2.57. The summed E-state index contributed by atoms with van der Waals surface area (Å²) < 4.78 is 45.2. The minimum absolute atomic E-state index is 0.0628. The Morgan fingerprint density at radius 3 is 2.10 bits per heavy atom. The number of hydrogen-bond acceptors (Lipinski definition) is 5. The van der Waals surface area contributed by atoms with E-state index < -0.39 is 51.8 Å². The predicted molar refractivity (Wildman–Crippen MR) is 150 cm³/mol. The number of carbonyl (C=O) groups excluding carboxylic acids is 1. The first-order valence-corrected chi connectivity index (χ1v) is 15.2. The van der Waals surface area contributed by atoms with Crippen LogP contribution in [0.2, 0.25) is 10.0 Å². The van der Waals surface area contributed by atoms with Gasteiger partial charge in [0.25, 0.3) is 5.91 Å². The molecule has 1 fully saturated rings. The Morgan fingerprint density at radius 2 is 1.60 bits per heavy atom. The Balaban J connectivity index is 1.85. The van der Waals surface area contributed by atoms with Crippen molar-refractivity contribution in [2.24, 2.45) is 0 Å². The van der Waals surface area contributed by atoms with Gasteiger partial charge in [-0.1, -0.05) is 66.9 Å². The number of hydrogen-bond donors (Lipinski definition) is 1. The molecule has 0 saturated carbocycles. The number of carboxylic acids is 1. The molecule has 7 nitrogen and oxygen atoms in total. The number of aliphatic carboxylic acids is 1. The average molecular weight is 609 g/mol. The number of sulfone groups is 1. The lowest BCUT2D eigenvalue weighted by atomic mass is 9.88. The van der Waals surface area contributed by atoms with Crippen LogP contribution in [0.1, 0.15) is 48.6 Å². The first kappa shape index (κ1) is 30.0. The number of amides is 1. The van der Waals surface area contributed by atoms with Gasteiger partial charge in [0.15, 0.2) is 9.84 Å². The average Bonchev–Trinajstić information content (AvgIpc) is 2.90. The number of carbonyl (C=O) groups is 2. The molecule has 1 amide bonds. The molecular formula is C29H28Cl2FNO6S. The summed E-state index contributed by atoms with van der Waals surface area (Å²) in [6.07, 6.45) is -0.670. The summed E-state index contributed by atoms with van der Waals surface area (Å²) in [5.41, 5.74) is 1.32. The lowest BCUT2D eigenvalue weighted by Gasteiger charge is -2.47. The second-order valence-electron chi connectivity index (χ2n) is 9.71. The van der Waals surface area contributed by atoms with Gasteiger partial charge in [0.1, 0.15) is 24.1 Å². The molecule has 4 atom stereocenters. The standard InChI is InChI=1S/C29H28Cl2FNO6S/c1-3-4-24(29(35)36)33-26(17-5-10-20(30)11-6-17)27(18-7-12-21(31)13-8-18)39-25(28(33)34)15-19-9-14-22(16-23(19)32)40(2,37)38/h5-14,16,24-27H,3-4,15H2,1-2H3,(H,35,36)/t24-,25+,26-,27+/m1/s1. The summed E-state index contributed by atoms with van der Waals surface area (Å²) >= 11 is 12.2. The molecule has 4 rings (SSSR count). The van der Waals surface area contributed by atoms with Gasteiger partial charge in [-0.15, -0.1) is 0 Å². The Bertz CT molecular complexity index is 1500. The van der Waals surface area contributed by atoms with Gasteiger partial charge in [0, 0.05) is 22.7 Å². The van der Waals surface area contributed by atoms with Crippen LogP contribution in [-0.2, 0) is 30.6 Å². The van der Waals surface area contributed by atoms with Crippen LogP contribution in [0.15, 0.2) is 71.6 Å². The van der Waals surface area contributed by atoms with E-state index in [1.807, 2.05) is 6.92 Å². The predicted octanol–water partition coefficient (Wildman–Crippen LogP) is 6.04. The van der Waals surface area contributed by atoms with E-state index in [2.05, 4.69) is 0 Å². The fraction of sp³-hybridized carbons (Fsp3) is 0.310. The Morgan fingerprint density at radius 1 is 1.02 bits per heavy atom. The van der Waals surface area contributed by atoms with E-state index in [-0.39, 0.29) is 23.3 Å². The van der Waals surface area contributed by atoms with Crippen LogP contribution < -0.4 is 0 Å². The fourth-order valence-electron chi connectivity index (χ4n) is 4.93. The largest absolute Gasteiger partial charge is 0.480 e. The highest BCUT2D eigenvalue weighted by Crippen LogP contribution is 2.44. The maximum absolute atomic E-state index is 15.0. The van der Waals surface area contributed by atoms with Crippen molar-refractivity contribution in [2.45, 2.75) is 55.4 Å². The number of benzene rings is 3. The van der Waals surface area contributed by atoms with Gasteiger partial charge in [0.2, 0.25) is 0 Å². The smallest absolute Gasteiger partial charge is 0.326 e. The van der Waals surface area contributed by atoms with Crippen LogP contribution in [0.5, 0.6) is 0 Å². The molecule has 1 aliphatic heterocycles. The van der Waals surface area contributed by atoms with Gasteiger partial charge >= 0.3 is 5.97 Å². The third-order valence-corrected chi connectivity index (χ3v) is 8.49. The molecule has 1 saturated heterocycles. The van der Waals surface area contributed by atoms with Crippen molar-refractivity contribution in [3.63, 3.8) is 0 Å². The maximum atomic E-state index is 15.0. The number of rotatable bonds is 9. The molecule has 40 heavy (non-hydrogen) atoms. The highest BCUT2D eigenvalue weighted by Gasteiger charge is 2.48. The zero-order valence-electron chi connectivity index (χ0n) is 21.8. The highest BCUT2D eigenvalue weighted by molar-refractivity contribution is 7.90. The summed E-state index contributed by atoms with van der Waals surface area (Å²) in [6, 6.07) is 15.0. The summed E-state index contributed by atoms with van der Waals surface area (Å²) in [5.74, 6) is -2.59. The fourth-order valence-corrected chi connectivity index (χ4v) is 5.81. The van der Waals surface area contributed by atoms with Crippen molar-refractivity contribution < 1.29 is 32.2 Å². The van der Waals surface area contributed by atoms with Crippen LogP contribution in [0.25, 0.3) is 0 Å². The van der Waals surface area contributed by atoms with E-state index >= 15 is 4.39 Å². The Hall–Kier alpha value is -2.98. The lowest BCUT2D eigenvalue weighted by molar-refractivity contribution is -0.184. The minimum Gasteiger partial charge on any atom is -0.480 e. The molecule has 1 aliphatic rings. The first-order valence-electron chi connectivity index (χ1n) is 12.6. The van der Waals surface area contributed by atoms with Crippen molar-refractivity contribution in [3.8, 4) is 0 Å². The number of nitrogens with zero attached hydrogens (tertiary/aromatic N) is 1. The molecule has 0 aliphatic carbocycles. The Labute approximate surface area is 242 Å². The minimum atomic E-state index is -3.64. The zero-order chi connectivity index (χ0) is 29.2. The van der Waals surface area contributed by atoms with E-state index in [9.17, 15) is 23.1 Å². The van der Waals surface area contributed by atoms with Crippen LogP contribution in [0, 0.1) is 5.82 Å². The maximum Gasteiger partial charge on any atom is 0.326 e. The van der Waals surface area contributed by atoms with Crippen LogP contribution in [0.4, 0.5) is 4.39 Å². The van der Waals surface area contributed by atoms with Gasteiger partial charge in [-0.25, -0.2) is 17.6 Å². The van der Waals surface area contributed by atoms with Crippen LogP contribution >= 0.6 is 23.2 Å². The highest BCUT2D eigenvalue weighted by atomic mass is 35.5. The molecule has 212 valence electrons. The number of halogens is 3. The second-order valence-corrected chi connectivity index (χ2v) is 12.6. The molecule has 0 unspecified atom stereocenters. The molecule has 0 radical (unpaired) electrons. The molecule has 1 heterocycles. The number of morpholine rings is 1. The molecular weight excluding hydrogens is 580 g/mol. The van der Waals surface area contributed by atoms with Crippen LogP contribution in [-0.4, -0.2) is 48.7 Å². The molecule has 3 aromatic carbocycles. The van der Waals surface area contributed by atoms with Crippen molar-refractivity contribution in [1.29, 1.82) is 0 Å². The molecule has 3 aromatic rings. The third-order valence-electron chi connectivity index (χ3n) is 6.88. The van der Waals surface area contributed by atoms with Gasteiger partial charge in [-0.2, -0.15) is 0 Å². The van der Waals surface area contributed by atoms with Gasteiger partial charge < -0.3 is 14.7 Å². The third kappa shape index (κ3) is 6.49. The molecule has 11 heteroatoms. The number of carboxylic acid groups (broad SMARTS) is 1. The first-order chi connectivity index (χ1) is 18.9. The quantitative estimate of drug-likeness (QED) is 0.318. The van der Waals surface area contributed by atoms with E-state index in [0.29, 0.717) is 27.6 Å². The summed E-state index contributed by atoms with van der Waals surface area (Å²) in [5, 5.41) is 11.2. The molecule has 0 aromatic heterocycles. The van der Waals surface area contributed by atoms with E-state index in [1.54, 1.807) is 48.5 Å².